The van der Waals surface area contributed by atoms with Gasteiger partial charge in [0.25, 0.3) is 5.91 Å². The van der Waals surface area contributed by atoms with Crippen molar-refractivity contribution in [3.8, 4) is 22.5 Å². The molecule has 0 spiro atoms. The van der Waals surface area contributed by atoms with Gasteiger partial charge in [0.05, 0.1) is 22.0 Å². The van der Waals surface area contributed by atoms with Gasteiger partial charge in [-0.2, -0.15) is 0 Å². The van der Waals surface area contributed by atoms with Gasteiger partial charge in [0.1, 0.15) is 0 Å². The van der Waals surface area contributed by atoms with Crippen molar-refractivity contribution in [2.75, 3.05) is 12.3 Å². The van der Waals surface area contributed by atoms with E-state index < -0.39 is 0 Å². The highest BCUT2D eigenvalue weighted by Crippen LogP contribution is 2.36. The van der Waals surface area contributed by atoms with Crippen LogP contribution in [0.2, 0.25) is 10.0 Å². The van der Waals surface area contributed by atoms with E-state index in [-0.39, 0.29) is 5.91 Å². The molecule has 0 saturated carbocycles. The molecule has 0 aliphatic carbocycles. The normalized spacial score (nSPS) is 10.9. The molecule has 0 aliphatic heterocycles. The molecule has 0 unspecified atom stereocenters. The third-order valence-electron chi connectivity index (χ3n) is 5.56. The maximum Gasteiger partial charge on any atom is 0.252 e. The first-order valence-corrected chi connectivity index (χ1v) is 13.4. The Kier molecular flexibility index (Phi) is 8.91. The highest BCUT2D eigenvalue weighted by molar-refractivity contribution is 7.99. The molecule has 0 bridgehead atoms. The summed E-state index contributed by atoms with van der Waals surface area (Å²) >= 11 is 13.8. The topological polar surface area (TPSA) is 46.9 Å². The number of benzene rings is 3. The lowest BCUT2D eigenvalue weighted by Gasteiger charge is -2.13. The van der Waals surface area contributed by atoms with Crippen LogP contribution in [0.25, 0.3) is 22.5 Å². The fraction of sp³-hybridized carbons (Fsp3) is 0.214. The second-order valence-electron chi connectivity index (χ2n) is 8.06. The van der Waals surface area contributed by atoms with Gasteiger partial charge >= 0.3 is 0 Å². The van der Waals surface area contributed by atoms with Gasteiger partial charge in [0, 0.05) is 35.0 Å². The van der Waals surface area contributed by atoms with Gasteiger partial charge in [-0.3, -0.25) is 4.79 Å². The summed E-state index contributed by atoms with van der Waals surface area (Å²) in [5, 5.41) is 4.76. The van der Waals surface area contributed by atoms with Crippen LogP contribution in [0.4, 0.5) is 0 Å². The molecule has 0 aliphatic rings. The number of amides is 1. The van der Waals surface area contributed by atoms with Gasteiger partial charge < -0.3 is 9.88 Å². The fourth-order valence-electron chi connectivity index (χ4n) is 3.83. The minimum atomic E-state index is -0.212. The van der Waals surface area contributed by atoms with E-state index in [1.807, 2.05) is 24.3 Å². The number of unbranched alkanes of at least 4 members (excludes halogenated alkanes) is 1. The molecule has 0 saturated heterocycles. The summed E-state index contributed by atoms with van der Waals surface area (Å²) in [5.74, 6) is 0.472. The number of thioether (sulfide) groups is 1. The highest BCUT2D eigenvalue weighted by Gasteiger charge is 2.20. The molecule has 0 radical (unpaired) electrons. The van der Waals surface area contributed by atoms with E-state index in [0.29, 0.717) is 27.9 Å². The van der Waals surface area contributed by atoms with Crippen molar-refractivity contribution in [3.05, 3.63) is 94.5 Å². The lowest BCUT2D eigenvalue weighted by molar-refractivity contribution is 0.0956. The highest BCUT2D eigenvalue weighted by atomic mass is 35.5. The number of hydrogen-bond donors (Lipinski definition) is 1. The summed E-state index contributed by atoms with van der Waals surface area (Å²) in [7, 11) is 0. The Hall–Kier alpha value is -2.73. The fourth-order valence-corrected chi connectivity index (χ4v) is 5.20. The van der Waals surface area contributed by atoms with Crippen LogP contribution in [0.1, 0.15) is 30.1 Å². The molecule has 1 heterocycles. The van der Waals surface area contributed by atoms with Gasteiger partial charge in [0.2, 0.25) is 0 Å². The van der Waals surface area contributed by atoms with E-state index in [9.17, 15) is 4.79 Å². The number of halogens is 2. The molecular weight excluding hydrogens is 497 g/mol. The first-order chi connectivity index (χ1) is 17.1. The van der Waals surface area contributed by atoms with E-state index in [4.69, 9.17) is 28.2 Å². The third-order valence-corrected chi connectivity index (χ3v) is 7.08. The Bertz CT molecular complexity index is 1280. The summed E-state index contributed by atoms with van der Waals surface area (Å²) in [6.07, 6.45) is 2.15. The average Bonchev–Trinajstić information content (AvgIpc) is 3.24. The number of hydrogen-bond acceptors (Lipinski definition) is 3. The van der Waals surface area contributed by atoms with Gasteiger partial charge in [-0.15, -0.1) is 0 Å². The van der Waals surface area contributed by atoms with Crippen molar-refractivity contribution < 1.29 is 4.79 Å². The van der Waals surface area contributed by atoms with Gasteiger partial charge in [0.15, 0.2) is 5.16 Å². The van der Waals surface area contributed by atoms with Crippen molar-refractivity contribution >= 4 is 40.9 Å². The van der Waals surface area contributed by atoms with E-state index in [1.54, 1.807) is 30.0 Å². The van der Waals surface area contributed by atoms with E-state index in [1.165, 1.54) is 0 Å². The molecule has 180 valence electrons. The van der Waals surface area contributed by atoms with Crippen LogP contribution in [-0.4, -0.2) is 27.8 Å². The molecule has 1 aromatic heterocycles. The summed E-state index contributed by atoms with van der Waals surface area (Å²) in [6, 6.07) is 25.6. The lowest BCUT2D eigenvalue weighted by atomic mass is 10.0. The van der Waals surface area contributed by atoms with Crippen LogP contribution >= 0.6 is 35.0 Å². The zero-order valence-electron chi connectivity index (χ0n) is 19.5. The second-order valence-corrected chi connectivity index (χ2v) is 9.96. The van der Waals surface area contributed by atoms with E-state index >= 15 is 0 Å². The zero-order chi connectivity index (χ0) is 24.6. The number of imidazole rings is 1. The quantitative estimate of drug-likeness (QED) is 0.170. The summed E-state index contributed by atoms with van der Waals surface area (Å²) in [6.45, 7) is 3.57. The molecule has 4 aromatic rings. The molecule has 1 amide bonds. The maximum atomic E-state index is 12.6. The number of rotatable bonds is 10. The van der Waals surface area contributed by atoms with Crippen molar-refractivity contribution in [2.45, 2.75) is 31.5 Å². The van der Waals surface area contributed by atoms with Gasteiger partial charge in [-0.05, 0) is 24.6 Å². The van der Waals surface area contributed by atoms with Crippen LogP contribution in [0, 0.1) is 0 Å². The molecule has 0 atom stereocenters. The Morgan fingerprint density at radius 3 is 2.31 bits per heavy atom. The molecule has 7 heteroatoms. The SMILES string of the molecule is CCCCn1c(SCCNC(=O)c2ccc(Cl)cc2Cl)nc(-c2ccccc2)c1-c1ccccc1. The molecular formula is C28H27Cl2N3OS. The minimum Gasteiger partial charge on any atom is -0.351 e. The van der Waals surface area contributed by atoms with E-state index in [2.05, 4.69) is 53.2 Å². The number of nitrogens with one attached hydrogen (secondary N) is 1. The third kappa shape index (κ3) is 6.29. The smallest absolute Gasteiger partial charge is 0.252 e. The predicted octanol–water partition coefficient (Wildman–Crippen LogP) is 7.85. The minimum absolute atomic E-state index is 0.212. The molecule has 3 aromatic carbocycles. The number of nitrogens with zero attached hydrogens (tertiary/aromatic N) is 2. The summed E-state index contributed by atoms with van der Waals surface area (Å²) in [5.41, 5.74) is 4.77. The van der Waals surface area contributed by atoms with Crippen LogP contribution in [-0.2, 0) is 6.54 Å². The second kappa shape index (κ2) is 12.3. The summed E-state index contributed by atoms with van der Waals surface area (Å²) < 4.78 is 2.32. The van der Waals surface area contributed by atoms with Crippen LogP contribution < -0.4 is 5.32 Å². The predicted molar refractivity (Wildman–Crippen MR) is 148 cm³/mol. The Balaban J connectivity index is 1.57. The van der Waals surface area contributed by atoms with Gasteiger partial charge in [-0.25, -0.2) is 4.98 Å². The maximum absolute atomic E-state index is 12.6. The molecule has 0 fully saturated rings. The zero-order valence-corrected chi connectivity index (χ0v) is 21.8. The van der Waals surface area contributed by atoms with Gasteiger partial charge in [-0.1, -0.05) is 109 Å². The van der Waals surface area contributed by atoms with Crippen LogP contribution in [0.15, 0.2) is 84.0 Å². The van der Waals surface area contributed by atoms with Crippen molar-refractivity contribution in [3.63, 3.8) is 0 Å². The Morgan fingerprint density at radius 2 is 1.66 bits per heavy atom. The number of aromatic nitrogens is 2. The standard InChI is InChI=1S/C28H27Cl2N3OS/c1-2-3-17-33-26(21-12-8-5-9-13-21)25(20-10-6-4-7-11-20)32-28(33)35-18-16-31-27(34)23-15-14-22(29)19-24(23)30/h4-15,19H,2-3,16-18H2,1H3,(H,31,34). The lowest BCUT2D eigenvalue weighted by Crippen LogP contribution is -2.26. The van der Waals surface area contributed by atoms with Crippen LogP contribution in [0.3, 0.4) is 0 Å². The van der Waals surface area contributed by atoms with Crippen molar-refractivity contribution in [1.29, 1.82) is 0 Å². The Morgan fingerprint density at radius 1 is 0.971 bits per heavy atom. The Labute approximate surface area is 220 Å². The molecule has 4 nitrogen and oxygen atoms in total. The number of carbonyl (C=O) groups is 1. The van der Waals surface area contributed by atoms with E-state index in [0.717, 1.165) is 47.1 Å². The molecule has 1 N–H and O–H groups in total. The monoisotopic (exact) mass is 523 g/mol. The first kappa shape index (κ1) is 25.4. The average molecular weight is 525 g/mol. The van der Waals surface area contributed by atoms with Crippen LogP contribution in [0.5, 0.6) is 0 Å². The van der Waals surface area contributed by atoms with Crippen molar-refractivity contribution in [2.24, 2.45) is 0 Å². The molecule has 35 heavy (non-hydrogen) atoms. The van der Waals surface area contributed by atoms with Crippen molar-refractivity contribution in [1.82, 2.24) is 14.9 Å². The first-order valence-electron chi connectivity index (χ1n) is 11.7. The summed E-state index contributed by atoms with van der Waals surface area (Å²) in [4.78, 5) is 17.6. The largest absolute Gasteiger partial charge is 0.351 e. The number of carbonyl (C=O) groups excluding carboxylic acids is 1. The molecule has 4 rings (SSSR count).